The zero-order chi connectivity index (χ0) is 13.7. The number of hydrogen-bond acceptors (Lipinski definition) is 3. The lowest BCUT2D eigenvalue weighted by Gasteiger charge is -2.12. The average Bonchev–Trinajstić information content (AvgIpc) is 2.71. The van der Waals surface area contributed by atoms with Crippen molar-refractivity contribution in [1.29, 1.82) is 0 Å². The van der Waals surface area contributed by atoms with Gasteiger partial charge in [0.2, 0.25) is 0 Å². The summed E-state index contributed by atoms with van der Waals surface area (Å²) in [5.74, 6) is 0.588. The van der Waals surface area contributed by atoms with Crippen molar-refractivity contribution in [2.24, 2.45) is 0 Å². The monoisotopic (exact) mass is 281 g/mol. The van der Waals surface area contributed by atoms with Gasteiger partial charge in [-0.05, 0) is 37.0 Å². The largest absolute Gasteiger partial charge is 0.381 e. The number of unbranched alkanes of at least 4 members (excludes halogenated alkanes) is 2. The van der Waals surface area contributed by atoms with Gasteiger partial charge in [-0.3, -0.25) is 0 Å². The molecule has 106 valence electrons. The number of nitrogens with one attached hydrogen (secondary N) is 1. The molecule has 0 radical (unpaired) electrons. The van der Waals surface area contributed by atoms with Crippen molar-refractivity contribution < 1.29 is 8.42 Å². The van der Waals surface area contributed by atoms with E-state index in [1.54, 1.807) is 0 Å². The van der Waals surface area contributed by atoms with E-state index in [-0.39, 0.29) is 11.8 Å². The van der Waals surface area contributed by atoms with Crippen LogP contribution in [0.25, 0.3) is 0 Å². The lowest BCUT2D eigenvalue weighted by atomic mass is 10.1. The van der Waals surface area contributed by atoms with E-state index in [9.17, 15) is 8.42 Å². The van der Waals surface area contributed by atoms with Gasteiger partial charge in [0.05, 0.1) is 11.5 Å². The first-order valence-electron chi connectivity index (χ1n) is 7.15. The minimum Gasteiger partial charge on any atom is -0.381 e. The number of hydrogen-bond donors (Lipinski definition) is 1. The molecule has 1 saturated heterocycles. The van der Waals surface area contributed by atoms with Gasteiger partial charge in [0.1, 0.15) is 0 Å². The zero-order valence-corrected chi connectivity index (χ0v) is 12.4. The molecule has 19 heavy (non-hydrogen) atoms. The maximum atomic E-state index is 11.4. The van der Waals surface area contributed by atoms with Crippen molar-refractivity contribution in [3.63, 3.8) is 0 Å². The third-order valence-electron chi connectivity index (χ3n) is 3.63. The highest BCUT2D eigenvalue weighted by molar-refractivity contribution is 7.91. The summed E-state index contributed by atoms with van der Waals surface area (Å²) in [5.41, 5.74) is 2.39. The molecule has 1 aliphatic rings. The molecule has 2 rings (SSSR count). The molecule has 1 aromatic rings. The second-order valence-corrected chi connectivity index (χ2v) is 7.63. The Morgan fingerprint density at radius 2 is 1.95 bits per heavy atom. The van der Waals surface area contributed by atoms with Crippen LogP contribution in [0.3, 0.4) is 0 Å². The highest BCUT2D eigenvalue weighted by Gasteiger charge is 2.27. The molecule has 1 heterocycles. The summed E-state index contributed by atoms with van der Waals surface area (Å²) < 4.78 is 22.8. The predicted octanol–water partition coefficient (Wildman–Crippen LogP) is 3.02. The Labute approximate surface area is 116 Å². The maximum Gasteiger partial charge on any atom is 0.152 e. The van der Waals surface area contributed by atoms with Gasteiger partial charge in [0, 0.05) is 11.7 Å². The van der Waals surface area contributed by atoms with Gasteiger partial charge in [-0.25, -0.2) is 8.42 Å². The Morgan fingerprint density at radius 1 is 1.21 bits per heavy atom. The molecule has 0 aromatic heterocycles. The summed E-state index contributed by atoms with van der Waals surface area (Å²) in [4.78, 5) is 0. The normalized spacial score (nSPS) is 21.4. The number of rotatable bonds is 6. The molecule has 4 heteroatoms. The molecule has 0 amide bonds. The number of benzene rings is 1. The molecule has 3 nitrogen and oxygen atoms in total. The fourth-order valence-electron chi connectivity index (χ4n) is 2.49. The van der Waals surface area contributed by atoms with E-state index in [4.69, 9.17) is 0 Å². The van der Waals surface area contributed by atoms with Crippen molar-refractivity contribution >= 4 is 15.5 Å². The smallest absolute Gasteiger partial charge is 0.152 e. The minimum absolute atomic E-state index is 0.0796. The molecule has 0 saturated carbocycles. The van der Waals surface area contributed by atoms with Crippen molar-refractivity contribution in [3.8, 4) is 0 Å². The first-order valence-corrected chi connectivity index (χ1v) is 8.97. The number of sulfone groups is 1. The van der Waals surface area contributed by atoms with Crippen LogP contribution in [-0.2, 0) is 16.3 Å². The van der Waals surface area contributed by atoms with Crippen molar-refractivity contribution in [3.05, 3.63) is 29.8 Å². The summed E-state index contributed by atoms with van der Waals surface area (Å²) in [5, 5.41) is 3.31. The lowest BCUT2D eigenvalue weighted by Crippen LogP contribution is -2.20. The maximum absolute atomic E-state index is 11.4. The number of anilines is 1. The second-order valence-electron chi connectivity index (χ2n) is 5.40. The zero-order valence-electron chi connectivity index (χ0n) is 11.6. The van der Waals surface area contributed by atoms with E-state index in [0.717, 1.165) is 18.5 Å². The lowest BCUT2D eigenvalue weighted by molar-refractivity contribution is 0.602. The molecule has 1 aliphatic heterocycles. The van der Waals surface area contributed by atoms with Crippen LogP contribution in [0.15, 0.2) is 24.3 Å². The van der Waals surface area contributed by atoms with Crippen LogP contribution in [0.5, 0.6) is 0 Å². The summed E-state index contributed by atoms with van der Waals surface area (Å²) in [6.45, 7) is 2.21. The first-order chi connectivity index (χ1) is 9.09. The van der Waals surface area contributed by atoms with Crippen LogP contribution >= 0.6 is 0 Å². The van der Waals surface area contributed by atoms with Crippen LogP contribution in [0, 0.1) is 0 Å². The Hall–Kier alpha value is -1.03. The second kappa shape index (κ2) is 6.42. The Morgan fingerprint density at radius 3 is 2.53 bits per heavy atom. The van der Waals surface area contributed by atoms with Crippen LogP contribution in [-0.4, -0.2) is 26.0 Å². The van der Waals surface area contributed by atoms with Crippen molar-refractivity contribution in [2.45, 2.75) is 45.1 Å². The van der Waals surface area contributed by atoms with E-state index in [2.05, 4.69) is 36.5 Å². The average molecular weight is 281 g/mol. The van der Waals surface area contributed by atoms with Gasteiger partial charge in [-0.15, -0.1) is 0 Å². The van der Waals surface area contributed by atoms with Crippen LogP contribution in [0.2, 0.25) is 0 Å². The van der Waals surface area contributed by atoms with E-state index in [0.29, 0.717) is 5.75 Å². The van der Waals surface area contributed by atoms with E-state index >= 15 is 0 Å². The molecule has 1 N–H and O–H groups in total. The van der Waals surface area contributed by atoms with Gasteiger partial charge in [-0.2, -0.15) is 0 Å². The SMILES string of the molecule is CCCCCc1ccc(NC2CCS(=O)(=O)C2)cc1. The molecule has 1 aromatic carbocycles. The Kier molecular flexibility index (Phi) is 4.86. The molecule has 1 unspecified atom stereocenters. The molecule has 0 aliphatic carbocycles. The minimum atomic E-state index is -2.80. The molecule has 0 spiro atoms. The third kappa shape index (κ3) is 4.53. The topological polar surface area (TPSA) is 46.2 Å². The Balaban J connectivity index is 1.85. The fourth-order valence-corrected chi connectivity index (χ4v) is 4.16. The Bertz CT molecular complexity index is 493. The number of aryl methyl sites for hydroxylation is 1. The van der Waals surface area contributed by atoms with Crippen molar-refractivity contribution in [1.82, 2.24) is 0 Å². The summed E-state index contributed by atoms with van der Waals surface area (Å²) in [6.07, 6.45) is 5.62. The van der Waals surface area contributed by atoms with Gasteiger partial charge < -0.3 is 5.32 Å². The van der Waals surface area contributed by atoms with Crippen LogP contribution < -0.4 is 5.32 Å². The van der Waals surface area contributed by atoms with E-state index in [1.165, 1.54) is 24.8 Å². The third-order valence-corrected chi connectivity index (χ3v) is 5.39. The summed E-state index contributed by atoms with van der Waals surface area (Å²) >= 11 is 0. The standard InChI is InChI=1S/C15H23NO2S/c1-2-3-4-5-13-6-8-14(9-7-13)16-15-10-11-19(17,18)12-15/h6-9,15-16H,2-5,10-12H2,1H3. The summed E-state index contributed by atoms with van der Waals surface area (Å²) in [7, 11) is -2.80. The molecule has 0 bridgehead atoms. The van der Waals surface area contributed by atoms with Crippen LogP contribution in [0.4, 0.5) is 5.69 Å². The molecule has 1 fully saturated rings. The summed E-state index contributed by atoms with van der Waals surface area (Å²) in [6, 6.07) is 8.48. The quantitative estimate of drug-likeness (QED) is 0.815. The highest BCUT2D eigenvalue weighted by Crippen LogP contribution is 2.18. The molecular weight excluding hydrogens is 258 g/mol. The van der Waals surface area contributed by atoms with E-state index in [1.807, 2.05) is 0 Å². The van der Waals surface area contributed by atoms with Crippen molar-refractivity contribution in [2.75, 3.05) is 16.8 Å². The molecular formula is C15H23NO2S. The highest BCUT2D eigenvalue weighted by atomic mass is 32.2. The van der Waals surface area contributed by atoms with Gasteiger partial charge in [0.15, 0.2) is 9.84 Å². The van der Waals surface area contributed by atoms with Gasteiger partial charge in [0.25, 0.3) is 0 Å². The van der Waals surface area contributed by atoms with Crippen LogP contribution in [0.1, 0.15) is 38.2 Å². The fraction of sp³-hybridized carbons (Fsp3) is 0.600. The van der Waals surface area contributed by atoms with Gasteiger partial charge >= 0.3 is 0 Å². The predicted molar refractivity (Wildman–Crippen MR) is 80.4 cm³/mol. The van der Waals surface area contributed by atoms with E-state index < -0.39 is 9.84 Å². The first kappa shape index (κ1) is 14.4. The molecule has 1 atom stereocenters. The van der Waals surface area contributed by atoms with Gasteiger partial charge in [-0.1, -0.05) is 31.9 Å².